The van der Waals surface area contributed by atoms with E-state index < -0.39 is 0 Å². The molecule has 19 heavy (non-hydrogen) atoms. The predicted octanol–water partition coefficient (Wildman–Crippen LogP) is 2.94. The third-order valence-corrected chi connectivity index (χ3v) is 3.51. The Hall–Kier alpha value is -1.52. The van der Waals surface area contributed by atoms with E-state index in [1.807, 2.05) is 0 Å². The minimum Gasteiger partial charge on any atom is -0.493 e. The van der Waals surface area contributed by atoms with E-state index in [1.165, 1.54) is 0 Å². The van der Waals surface area contributed by atoms with Gasteiger partial charge >= 0.3 is 0 Å². The molecule has 4 nitrogen and oxygen atoms in total. The number of rotatable bonds is 3. The van der Waals surface area contributed by atoms with Crippen LogP contribution in [0, 0.1) is 0 Å². The van der Waals surface area contributed by atoms with Gasteiger partial charge in [-0.25, -0.2) is 0 Å². The molecule has 0 amide bonds. The Bertz CT molecular complexity index is 648. The van der Waals surface area contributed by atoms with Gasteiger partial charge in [-0.3, -0.25) is 4.79 Å². The molecule has 0 aliphatic rings. The summed E-state index contributed by atoms with van der Waals surface area (Å²) in [4.78, 5) is 18.3. The largest absolute Gasteiger partial charge is 0.493 e. The molecule has 0 bridgehead atoms. The Morgan fingerprint density at radius 3 is 2.42 bits per heavy atom. The maximum absolute atomic E-state index is 11.7. The number of halogens is 2. The van der Waals surface area contributed by atoms with Crippen molar-refractivity contribution in [2.45, 2.75) is 19.8 Å². The molecule has 2 rings (SSSR count). The normalized spacial score (nSPS) is 10.7. The molecule has 0 aliphatic carbocycles. The van der Waals surface area contributed by atoms with Crippen molar-refractivity contribution in [1.82, 2.24) is 9.97 Å². The van der Waals surface area contributed by atoms with Gasteiger partial charge in [0.1, 0.15) is 5.82 Å². The van der Waals surface area contributed by atoms with Crippen LogP contribution < -0.4 is 5.56 Å². The summed E-state index contributed by atoms with van der Waals surface area (Å²) in [5, 5.41) is 10.7. The van der Waals surface area contributed by atoms with Crippen LogP contribution in [0.4, 0.5) is 0 Å². The van der Waals surface area contributed by atoms with Crippen molar-refractivity contribution in [3.8, 4) is 5.88 Å². The van der Waals surface area contributed by atoms with Crippen molar-refractivity contribution in [3.63, 3.8) is 0 Å². The highest BCUT2D eigenvalue weighted by atomic mass is 35.5. The number of aromatic amines is 1. The molecule has 2 aromatic rings. The Morgan fingerprint density at radius 2 is 1.89 bits per heavy atom. The maximum atomic E-state index is 11.7. The van der Waals surface area contributed by atoms with Crippen molar-refractivity contribution in [2.24, 2.45) is 0 Å². The smallest absolute Gasteiger partial charge is 0.257 e. The third-order valence-electron chi connectivity index (χ3n) is 2.80. The van der Waals surface area contributed by atoms with Gasteiger partial charge in [-0.05, 0) is 24.1 Å². The second-order valence-electron chi connectivity index (χ2n) is 4.05. The van der Waals surface area contributed by atoms with Crippen LogP contribution in [-0.4, -0.2) is 15.1 Å². The van der Waals surface area contributed by atoms with Crippen LogP contribution in [0.3, 0.4) is 0 Å². The van der Waals surface area contributed by atoms with Crippen molar-refractivity contribution in [2.75, 3.05) is 0 Å². The molecule has 6 heteroatoms. The summed E-state index contributed by atoms with van der Waals surface area (Å²) in [6, 6.07) is 5.16. The number of aromatic nitrogens is 2. The van der Waals surface area contributed by atoms with Gasteiger partial charge in [-0.2, -0.15) is 4.98 Å². The van der Waals surface area contributed by atoms with Crippen molar-refractivity contribution in [1.29, 1.82) is 0 Å². The summed E-state index contributed by atoms with van der Waals surface area (Å²) >= 11 is 12.1. The molecule has 0 spiro atoms. The van der Waals surface area contributed by atoms with Gasteiger partial charge in [0.2, 0.25) is 5.88 Å². The Balaban J connectivity index is 2.42. The lowest BCUT2D eigenvalue weighted by molar-refractivity contribution is 0.440. The lowest BCUT2D eigenvalue weighted by atomic mass is 10.1. The number of benzene rings is 1. The highest BCUT2D eigenvalue weighted by Crippen LogP contribution is 2.26. The second kappa shape index (κ2) is 5.63. The van der Waals surface area contributed by atoms with Crippen molar-refractivity contribution < 1.29 is 5.11 Å². The molecule has 0 aliphatic heterocycles. The minimum absolute atomic E-state index is 0.246. The molecule has 1 heterocycles. The van der Waals surface area contributed by atoms with Crippen LogP contribution >= 0.6 is 23.2 Å². The summed E-state index contributed by atoms with van der Waals surface area (Å²) in [5.74, 6) is 0.0825. The van der Waals surface area contributed by atoms with Gasteiger partial charge in [-0.1, -0.05) is 36.2 Å². The average molecular weight is 299 g/mol. The summed E-state index contributed by atoms with van der Waals surface area (Å²) in [5.41, 5.74) is 0.597. The summed E-state index contributed by atoms with van der Waals surface area (Å²) in [7, 11) is 0. The lowest BCUT2D eigenvalue weighted by Gasteiger charge is -2.07. The lowest BCUT2D eigenvalue weighted by Crippen LogP contribution is -2.16. The monoisotopic (exact) mass is 298 g/mol. The van der Waals surface area contributed by atoms with Crippen LogP contribution in [0.1, 0.15) is 23.9 Å². The number of H-pyrrole nitrogens is 1. The van der Waals surface area contributed by atoms with E-state index >= 15 is 0 Å². The van der Waals surface area contributed by atoms with E-state index in [4.69, 9.17) is 23.2 Å². The number of hydrogen-bond acceptors (Lipinski definition) is 3. The van der Waals surface area contributed by atoms with E-state index in [-0.39, 0.29) is 23.4 Å². The topological polar surface area (TPSA) is 66.0 Å². The number of nitrogens with zero attached hydrogens (tertiary/aromatic N) is 1. The molecular weight excluding hydrogens is 287 g/mol. The SMILES string of the molecule is CCc1c(O)nc(Cc2c(Cl)cccc2Cl)[nH]c1=O. The molecule has 2 N–H and O–H groups in total. The zero-order chi connectivity index (χ0) is 14.0. The van der Waals surface area contributed by atoms with Gasteiger partial charge < -0.3 is 10.1 Å². The first-order chi connectivity index (χ1) is 9.02. The fraction of sp³-hybridized carbons (Fsp3) is 0.231. The first kappa shape index (κ1) is 13.9. The zero-order valence-electron chi connectivity index (χ0n) is 10.2. The van der Waals surface area contributed by atoms with Gasteiger partial charge in [0.15, 0.2) is 0 Å². The number of aromatic hydroxyl groups is 1. The molecule has 0 atom stereocenters. The summed E-state index contributed by atoms with van der Waals surface area (Å²) < 4.78 is 0. The van der Waals surface area contributed by atoms with Crippen LogP contribution in [0.2, 0.25) is 10.0 Å². The first-order valence-electron chi connectivity index (χ1n) is 5.76. The van der Waals surface area contributed by atoms with Gasteiger partial charge in [0, 0.05) is 16.5 Å². The molecule has 0 unspecified atom stereocenters. The number of nitrogens with one attached hydrogen (secondary N) is 1. The fourth-order valence-corrected chi connectivity index (χ4v) is 2.33. The Kier molecular flexibility index (Phi) is 4.12. The van der Waals surface area contributed by atoms with Crippen LogP contribution in [0.25, 0.3) is 0 Å². The quantitative estimate of drug-likeness (QED) is 0.915. The van der Waals surface area contributed by atoms with Crippen LogP contribution in [0.15, 0.2) is 23.0 Å². The second-order valence-corrected chi connectivity index (χ2v) is 4.86. The highest BCUT2D eigenvalue weighted by Gasteiger charge is 2.12. The van der Waals surface area contributed by atoms with E-state index in [9.17, 15) is 9.90 Å². The van der Waals surface area contributed by atoms with Gasteiger partial charge in [0.25, 0.3) is 5.56 Å². The minimum atomic E-state index is -0.340. The molecule has 0 fully saturated rings. The van der Waals surface area contributed by atoms with Gasteiger partial charge in [-0.15, -0.1) is 0 Å². The van der Waals surface area contributed by atoms with Crippen molar-refractivity contribution >= 4 is 23.2 Å². The fourth-order valence-electron chi connectivity index (χ4n) is 1.80. The average Bonchev–Trinajstić information content (AvgIpc) is 2.34. The standard InChI is InChI=1S/C13H12Cl2N2O2/c1-2-7-12(18)16-11(17-13(7)19)6-8-9(14)4-3-5-10(8)15/h3-5H,2,6H2,1H3,(H2,16,17,18,19). The molecule has 0 radical (unpaired) electrons. The van der Waals surface area contributed by atoms with Crippen LogP contribution in [0.5, 0.6) is 5.88 Å². The van der Waals surface area contributed by atoms with E-state index in [0.29, 0.717) is 27.9 Å². The summed E-state index contributed by atoms with van der Waals surface area (Å²) in [6.45, 7) is 1.77. The zero-order valence-corrected chi connectivity index (χ0v) is 11.7. The van der Waals surface area contributed by atoms with Crippen LogP contribution in [-0.2, 0) is 12.8 Å². The van der Waals surface area contributed by atoms with Gasteiger partial charge in [0.05, 0.1) is 5.56 Å². The first-order valence-corrected chi connectivity index (χ1v) is 6.52. The molecule has 0 saturated heterocycles. The number of hydrogen-bond donors (Lipinski definition) is 2. The third kappa shape index (κ3) is 2.91. The highest BCUT2D eigenvalue weighted by molar-refractivity contribution is 6.36. The van der Waals surface area contributed by atoms with E-state index in [1.54, 1.807) is 25.1 Å². The summed E-state index contributed by atoms with van der Waals surface area (Å²) in [6.07, 6.45) is 0.673. The molecule has 1 aromatic heterocycles. The molecular formula is C13H12Cl2N2O2. The van der Waals surface area contributed by atoms with E-state index in [0.717, 1.165) is 0 Å². The maximum Gasteiger partial charge on any atom is 0.257 e. The Morgan fingerprint density at radius 1 is 1.26 bits per heavy atom. The molecule has 100 valence electrons. The molecule has 0 saturated carbocycles. The molecule has 1 aromatic carbocycles. The van der Waals surface area contributed by atoms with E-state index in [2.05, 4.69) is 9.97 Å². The Labute approximate surface area is 120 Å². The van der Waals surface area contributed by atoms with Crippen molar-refractivity contribution in [3.05, 3.63) is 55.5 Å². The predicted molar refractivity (Wildman–Crippen MR) is 75.2 cm³/mol.